The molecule has 0 spiro atoms. The van der Waals surface area contributed by atoms with E-state index in [0.717, 1.165) is 36.2 Å². The lowest BCUT2D eigenvalue weighted by Gasteiger charge is -2.21. The van der Waals surface area contributed by atoms with E-state index in [4.69, 9.17) is 4.74 Å². The van der Waals surface area contributed by atoms with Crippen molar-refractivity contribution < 1.29 is 4.74 Å². The Hall–Kier alpha value is -4.97. The number of aromatic amines is 1. The Labute approximate surface area is 319 Å². The van der Waals surface area contributed by atoms with Gasteiger partial charge in [-0.15, -0.1) is 0 Å². The van der Waals surface area contributed by atoms with Gasteiger partial charge in [-0.1, -0.05) is 101 Å². The van der Waals surface area contributed by atoms with Crippen LogP contribution in [0.25, 0.3) is 27.4 Å². The first-order chi connectivity index (χ1) is 25.4. The molecule has 2 heterocycles. The second-order valence-electron chi connectivity index (χ2n) is 14.5. The Morgan fingerprint density at radius 2 is 1.68 bits per heavy atom. The lowest BCUT2D eigenvalue weighted by molar-refractivity contribution is 0.131. The number of rotatable bonds is 13. The number of nitrogens with zero attached hydrogens (tertiary/aromatic N) is 1. The lowest BCUT2D eigenvalue weighted by Crippen LogP contribution is -2.24. The number of allylic oxidation sites excluding steroid dienone is 7. The van der Waals surface area contributed by atoms with Crippen LogP contribution >= 0.6 is 0 Å². The van der Waals surface area contributed by atoms with Crippen molar-refractivity contribution in [2.45, 2.75) is 79.5 Å². The zero-order valence-electron chi connectivity index (χ0n) is 33.6. The quantitative estimate of drug-likeness (QED) is 0.0841. The molecular formula is C48H62N4O. The number of hydrogen-bond donors (Lipinski definition) is 3. The van der Waals surface area contributed by atoms with Crippen molar-refractivity contribution in [2.75, 3.05) is 14.1 Å². The summed E-state index contributed by atoms with van der Waals surface area (Å²) in [6.45, 7) is 23.4. The second kappa shape index (κ2) is 21.5. The number of aromatic nitrogens is 2. The summed E-state index contributed by atoms with van der Waals surface area (Å²) in [6.07, 6.45) is 18.6. The third-order valence-electron chi connectivity index (χ3n) is 8.35. The van der Waals surface area contributed by atoms with Gasteiger partial charge in [0.15, 0.2) is 0 Å². The molecule has 3 N–H and O–H groups in total. The van der Waals surface area contributed by atoms with Crippen LogP contribution in [0.1, 0.15) is 70.2 Å². The van der Waals surface area contributed by atoms with E-state index in [0.29, 0.717) is 12.0 Å². The molecule has 280 valence electrons. The first-order valence-corrected chi connectivity index (χ1v) is 18.8. The summed E-state index contributed by atoms with van der Waals surface area (Å²) in [6, 6.07) is 25.5. The Kier molecular flexibility index (Phi) is 17.2. The molecule has 5 aromatic rings. The smallest absolute Gasteiger partial charge is 0.120 e. The summed E-state index contributed by atoms with van der Waals surface area (Å²) >= 11 is 0. The van der Waals surface area contributed by atoms with E-state index < -0.39 is 0 Å². The molecule has 0 amide bonds. The number of nitrogens with one attached hydrogen (secondary N) is 3. The van der Waals surface area contributed by atoms with E-state index in [1.165, 1.54) is 44.1 Å². The van der Waals surface area contributed by atoms with Crippen molar-refractivity contribution in [1.29, 1.82) is 0 Å². The van der Waals surface area contributed by atoms with Crippen molar-refractivity contribution >= 4 is 27.4 Å². The molecule has 5 heteroatoms. The highest BCUT2D eigenvalue weighted by molar-refractivity contribution is 5.88. The lowest BCUT2D eigenvalue weighted by atomic mass is 9.96. The summed E-state index contributed by atoms with van der Waals surface area (Å²) in [5.74, 6) is 1.39. The average Bonchev–Trinajstić information content (AvgIpc) is 3.55. The molecular weight excluding hydrogens is 649 g/mol. The van der Waals surface area contributed by atoms with E-state index in [2.05, 4.69) is 167 Å². The van der Waals surface area contributed by atoms with E-state index in [9.17, 15) is 0 Å². The molecule has 0 fully saturated rings. The number of ether oxygens (including phenoxy) is 1. The number of fused-ring (bicyclic) bond motifs is 2. The zero-order chi connectivity index (χ0) is 38.8. The Bertz CT molecular complexity index is 1960. The molecule has 0 radical (unpaired) electrons. The number of hydrogen-bond acceptors (Lipinski definition) is 4. The highest BCUT2D eigenvalue weighted by atomic mass is 16.5. The SMILES string of the molecule is C=CC(C=C)=C/C(=C\C(C)C)c1cc(C)c2ncccc2c1.CC/C=C/C(Cc1c[nH]c2ccccc12)NC.CNCc1ccc(OC(C)(C)C)cc1. The normalized spacial score (nSPS) is 12.2. The molecule has 5 rings (SSSR count). The van der Waals surface area contributed by atoms with Crippen LogP contribution < -0.4 is 15.4 Å². The molecule has 5 nitrogen and oxygen atoms in total. The predicted molar refractivity (Wildman–Crippen MR) is 232 cm³/mol. The molecule has 0 bridgehead atoms. The van der Waals surface area contributed by atoms with Crippen molar-refractivity contribution in [3.8, 4) is 5.75 Å². The Morgan fingerprint density at radius 3 is 2.30 bits per heavy atom. The van der Waals surface area contributed by atoms with E-state index >= 15 is 0 Å². The Morgan fingerprint density at radius 1 is 0.962 bits per heavy atom. The van der Waals surface area contributed by atoms with Gasteiger partial charge in [0.05, 0.1) is 5.52 Å². The van der Waals surface area contributed by atoms with Gasteiger partial charge in [0.1, 0.15) is 11.4 Å². The van der Waals surface area contributed by atoms with Crippen LogP contribution in [-0.4, -0.2) is 35.7 Å². The fourth-order valence-corrected chi connectivity index (χ4v) is 5.85. The maximum absolute atomic E-state index is 5.71. The second-order valence-corrected chi connectivity index (χ2v) is 14.5. The number of benzene rings is 3. The standard InChI is InChI=1S/C21H23N.C15H20N2.C12H19NO/c1-6-17(7-2)13-19(11-15(3)4)20-12-16(5)21-18(14-20)9-8-10-22-21;1-3-4-7-13(16-2)10-12-11-17-15-9-6-5-8-14(12)15;1-12(2,3)14-11-7-5-10(6-8-11)9-13-4/h6-15H,1-2H2,3-5H3;4-9,11,13,16-17H,3,10H2,1-2H3;5-8,13H,9H2,1-4H3/b19-11+;7-4+;. The van der Waals surface area contributed by atoms with Crippen LogP contribution in [0.3, 0.4) is 0 Å². The predicted octanol–water partition coefficient (Wildman–Crippen LogP) is 11.7. The van der Waals surface area contributed by atoms with Crippen LogP contribution in [0.4, 0.5) is 0 Å². The maximum Gasteiger partial charge on any atom is 0.120 e. The van der Waals surface area contributed by atoms with Gasteiger partial charge in [-0.05, 0) is 136 Å². The number of H-pyrrole nitrogens is 1. The maximum atomic E-state index is 5.71. The van der Waals surface area contributed by atoms with Crippen molar-refractivity contribution in [1.82, 2.24) is 20.6 Å². The summed E-state index contributed by atoms with van der Waals surface area (Å²) in [4.78, 5) is 7.79. The van der Waals surface area contributed by atoms with Crippen LogP contribution in [0, 0.1) is 12.8 Å². The van der Waals surface area contributed by atoms with E-state index in [1.54, 1.807) is 0 Å². The van der Waals surface area contributed by atoms with E-state index in [-0.39, 0.29) is 5.60 Å². The van der Waals surface area contributed by atoms with Gasteiger partial charge in [-0.3, -0.25) is 4.98 Å². The highest BCUT2D eigenvalue weighted by Gasteiger charge is 2.11. The Balaban J connectivity index is 0.000000220. The van der Waals surface area contributed by atoms with Gasteiger partial charge in [-0.2, -0.15) is 0 Å². The van der Waals surface area contributed by atoms with Crippen molar-refractivity contribution in [2.24, 2.45) is 5.92 Å². The first kappa shape index (κ1) is 42.4. The molecule has 0 aliphatic rings. The third kappa shape index (κ3) is 14.2. The largest absolute Gasteiger partial charge is 0.488 e. The monoisotopic (exact) mass is 710 g/mol. The molecule has 0 saturated carbocycles. The number of para-hydroxylation sites is 1. The van der Waals surface area contributed by atoms with Crippen LogP contribution in [0.15, 0.2) is 140 Å². The van der Waals surface area contributed by atoms with Crippen molar-refractivity contribution in [3.05, 3.63) is 163 Å². The van der Waals surface area contributed by atoms with Gasteiger partial charge in [0.25, 0.3) is 0 Å². The fraction of sp³-hybridized carbons (Fsp3) is 0.312. The first-order valence-electron chi connectivity index (χ1n) is 18.8. The molecule has 2 aromatic heterocycles. The average molecular weight is 711 g/mol. The van der Waals surface area contributed by atoms with Gasteiger partial charge in [0.2, 0.25) is 0 Å². The van der Waals surface area contributed by atoms with Gasteiger partial charge >= 0.3 is 0 Å². The highest BCUT2D eigenvalue weighted by Crippen LogP contribution is 2.27. The number of likely N-dealkylation sites (N-methyl/N-ethyl adjacent to an activating group) is 1. The van der Waals surface area contributed by atoms with Crippen molar-refractivity contribution in [3.63, 3.8) is 0 Å². The van der Waals surface area contributed by atoms with Gasteiger partial charge < -0.3 is 20.4 Å². The summed E-state index contributed by atoms with van der Waals surface area (Å²) in [5.41, 5.74) is 9.42. The molecule has 53 heavy (non-hydrogen) atoms. The summed E-state index contributed by atoms with van der Waals surface area (Å²) in [5, 5.41) is 8.95. The van der Waals surface area contributed by atoms with Crippen LogP contribution in [0.5, 0.6) is 5.75 Å². The zero-order valence-corrected chi connectivity index (χ0v) is 33.6. The molecule has 0 saturated heterocycles. The van der Waals surface area contributed by atoms with Crippen LogP contribution in [0.2, 0.25) is 0 Å². The minimum atomic E-state index is -0.121. The van der Waals surface area contributed by atoms with Gasteiger partial charge in [0, 0.05) is 41.3 Å². The third-order valence-corrected chi connectivity index (χ3v) is 8.35. The fourth-order valence-electron chi connectivity index (χ4n) is 5.85. The number of pyridine rings is 1. The minimum Gasteiger partial charge on any atom is -0.488 e. The summed E-state index contributed by atoms with van der Waals surface area (Å²) in [7, 11) is 3.96. The number of aryl methyl sites for hydroxylation is 1. The molecule has 3 aromatic carbocycles. The minimum absolute atomic E-state index is 0.121. The molecule has 0 aliphatic carbocycles. The molecule has 0 aliphatic heterocycles. The van der Waals surface area contributed by atoms with Crippen LogP contribution in [-0.2, 0) is 13.0 Å². The molecule has 1 atom stereocenters. The molecule has 1 unspecified atom stereocenters. The van der Waals surface area contributed by atoms with Gasteiger partial charge in [-0.25, -0.2) is 0 Å². The topological polar surface area (TPSA) is 62.0 Å². The summed E-state index contributed by atoms with van der Waals surface area (Å²) < 4.78 is 5.71. The van der Waals surface area contributed by atoms with E-state index in [1.807, 2.05) is 50.6 Å².